The molecular formula is C11H7ClNO2S2. The van der Waals surface area contributed by atoms with Crippen LogP contribution < -0.4 is 0 Å². The topological polar surface area (TPSA) is 50.2 Å². The summed E-state index contributed by atoms with van der Waals surface area (Å²) in [5.41, 5.74) is 1.12. The van der Waals surface area contributed by atoms with Gasteiger partial charge in [-0.1, -0.05) is 35.1 Å². The van der Waals surface area contributed by atoms with Crippen LogP contribution in [0.25, 0.3) is 0 Å². The molecule has 2 rings (SSSR count). The Morgan fingerprint density at radius 3 is 2.76 bits per heavy atom. The molecule has 1 heterocycles. The van der Waals surface area contributed by atoms with Gasteiger partial charge in [0.15, 0.2) is 0 Å². The van der Waals surface area contributed by atoms with E-state index in [4.69, 9.17) is 16.7 Å². The minimum Gasteiger partial charge on any atom is -0.476 e. The number of hydrogen-bond donors (Lipinski definition) is 1. The van der Waals surface area contributed by atoms with E-state index in [1.54, 1.807) is 0 Å². The molecule has 0 fully saturated rings. The summed E-state index contributed by atoms with van der Waals surface area (Å²) >= 11 is 8.43. The van der Waals surface area contributed by atoms with Crippen LogP contribution in [0.15, 0.2) is 28.5 Å². The zero-order valence-corrected chi connectivity index (χ0v) is 10.9. The Kier molecular flexibility index (Phi) is 4.04. The molecule has 1 N–H and O–H groups in total. The molecule has 2 aromatic rings. The molecule has 0 saturated heterocycles. The molecule has 3 nitrogen and oxygen atoms in total. The van der Waals surface area contributed by atoms with E-state index in [9.17, 15) is 4.79 Å². The third kappa shape index (κ3) is 3.46. The number of nitrogens with zero attached hydrogens (tertiary/aromatic N) is 1. The summed E-state index contributed by atoms with van der Waals surface area (Å²) in [5.74, 6) is -0.265. The van der Waals surface area contributed by atoms with E-state index >= 15 is 0 Å². The van der Waals surface area contributed by atoms with Crippen molar-refractivity contribution >= 4 is 40.7 Å². The predicted octanol–water partition coefficient (Wildman–Crippen LogP) is 3.59. The lowest BCUT2D eigenvalue weighted by Crippen LogP contribution is -1.92. The van der Waals surface area contributed by atoms with E-state index in [1.807, 2.05) is 24.3 Å². The fraction of sp³-hybridized carbons (Fsp3) is 0.0909. The minimum absolute atomic E-state index is 0.0728. The largest absolute Gasteiger partial charge is 0.476 e. The van der Waals surface area contributed by atoms with Gasteiger partial charge >= 0.3 is 5.97 Å². The summed E-state index contributed by atoms with van der Waals surface area (Å²) < 4.78 is 0.775. The van der Waals surface area contributed by atoms with Gasteiger partial charge in [0.25, 0.3) is 0 Å². The van der Waals surface area contributed by atoms with Crippen molar-refractivity contribution in [3.63, 3.8) is 0 Å². The first-order chi connectivity index (χ1) is 8.15. The Hall–Kier alpha value is -1.04. The van der Waals surface area contributed by atoms with Gasteiger partial charge in [-0.3, -0.25) is 0 Å². The maximum absolute atomic E-state index is 10.6. The van der Waals surface area contributed by atoms with Gasteiger partial charge in [-0.2, -0.15) is 0 Å². The van der Waals surface area contributed by atoms with Gasteiger partial charge in [0.1, 0.15) is 6.20 Å². The molecule has 0 aliphatic carbocycles. The number of carbonyl (C=O) groups is 1. The molecule has 0 unspecified atom stereocenters. The van der Waals surface area contributed by atoms with Crippen LogP contribution in [0, 0.1) is 6.20 Å². The highest BCUT2D eigenvalue weighted by atomic mass is 35.5. The molecule has 0 aliphatic heterocycles. The zero-order chi connectivity index (χ0) is 12.3. The van der Waals surface area contributed by atoms with E-state index in [2.05, 4.69) is 11.2 Å². The molecule has 0 saturated carbocycles. The van der Waals surface area contributed by atoms with E-state index in [1.165, 1.54) is 11.8 Å². The molecule has 0 amide bonds. The molecule has 0 atom stereocenters. The summed E-state index contributed by atoms with van der Waals surface area (Å²) in [5, 5.41) is 9.50. The van der Waals surface area contributed by atoms with Crippen LogP contribution in [-0.2, 0) is 5.75 Å². The fourth-order valence-electron chi connectivity index (χ4n) is 1.11. The summed E-state index contributed by atoms with van der Waals surface area (Å²) in [6.45, 7) is 0. The Morgan fingerprint density at radius 1 is 1.47 bits per heavy atom. The molecule has 1 aromatic heterocycles. The molecule has 0 bridgehead atoms. The number of hydrogen-bond acceptors (Lipinski definition) is 4. The highest BCUT2D eigenvalue weighted by Gasteiger charge is 2.09. The molecule has 1 radical (unpaired) electrons. The van der Waals surface area contributed by atoms with Crippen LogP contribution in [0.4, 0.5) is 0 Å². The van der Waals surface area contributed by atoms with Crippen molar-refractivity contribution < 1.29 is 9.90 Å². The van der Waals surface area contributed by atoms with Crippen molar-refractivity contribution in [2.75, 3.05) is 0 Å². The van der Waals surface area contributed by atoms with Gasteiger partial charge < -0.3 is 5.11 Å². The fourth-order valence-corrected chi connectivity index (χ4v) is 2.93. The Bertz CT molecular complexity index is 525. The maximum Gasteiger partial charge on any atom is 0.365 e. The predicted molar refractivity (Wildman–Crippen MR) is 68.9 cm³/mol. The highest BCUT2D eigenvalue weighted by molar-refractivity contribution is 8.00. The second-order valence-electron chi connectivity index (χ2n) is 3.14. The van der Waals surface area contributed by atoms with E-state index < -0.39 is 5.97 Å². The number of rotatable bonds is 4. The minimum atomic E-state index is -1.01. The molecule has 0 aliphatic rings. The second-order valence-corrected chi connectivity index (χ2v) is 5.82. The number of halogens is 1. The number of thiazole rings is 1. The normalized spacial score (nSPS) is 10.4. The van der Waals surface area contributed by atoms with E-state index in [0.717, 1.165) is 26.9 Å². The van der Waals surface area contributed by atoms with Crippen LogP contribution in [-0.4, -0.2) is 16.1 Å². The lowest BCUT2D eigenvalue weighted by molar-refractivity contribution is 0.0696. The van der Waals surface area contributed by atoms with E-state index in [-0.39, 0.29) is 5.01 Å². The summed E-state index contributed by atoms with van der Waals surface area (Å²) in [6, 6.07) is 7.54. The number of thioether (sulfide) groups is 1. The summed E-state index contributed by atoms with van der Waals surface area (Å²) in [6.07, 6.45) is 2.69. The first-order valence-electron chi connectivity index (χ1n) is 4.64. The van der Waals surface area contributed by atoms with Crippen molar-refractivity contribution in [1.29, 1.82) is 0 Å². The molecular weight excluding hydrogens is 278 g/mol. The van der Waals surface area contributed by atoms with Crippen molar-refractivity contribution in [2.24, 2.45) is 0 Å². The van der Waals surface area contributed by atoms with Gasteiger partial charge in [-0.15, -0.1) is 11.8 Å². The third-order valence-electron chi connectivity index (χ3n) is 1.90. The van der Waals surface area contributed by atoms with Gasteiger partial charge in [-0.05, 0) is 17.7 Å². The van der Waals surface area contributed by atoms with Crippen molar-refractivity contribution in [1.82, 2.24) is 4.98 Å². The number of benzene rings is 1. The van der Waals surface area contributed by atoms with Gasteiger partial charge in [0, 0.05) is 10.8 Å². The second kappa shape index (κ2) is 5.53. The molecule has 6 heteroatoms. The monoisotopic (exact) mass is 284 g/mol. The van der Waals surface area contributed by atoms with Crippen LogP contribution in [0.5, 0.6) is 0 Å². The van der Waals surface area contributed by atoms with Crippen LogP contribution in [0.1, 0.15) is 15.4 Å². The Balaban J connectivity index is 1.97. The van der Waals surface area contributed by atoms with Crippen molar-refractivity contribution in [3.05, 3.63) is 46.1 Å². The van der Waals surface area contributed by atoms with Crippen molar-refractivity contribution in [2.45, 2.75) is 9.96 Å². The van der Waals surface area contributed by atoms with Crippen molar-refractivity contribution in [3.8, 4) is 0 Å². The zero-order valence-electron chi connectivity index (χ0n) is 8.51. The lowest BCUT2D eigenvalue weighted by atomic mass is 10.2. The molecule has 1 aromatic carbocycles. The van der Waals surface area contributed by atoms with Gasteiger partial charge in [0.2, 0.25) is 5.01 Å². The Morgan fingerprint density at radius 2 is 2.18 bits per heavy atom. The molecule has 0 spiro atoms. The number of aromatic carboxylic acids is 1. The average Bonchev–Trinajstić information content (AvgIpc) is 2.77. The first kappa shape index (κ1) is 12.4. The third-order valence-corrected chi connectivity index (χ3v) is 4.33. The average molecular weight is 285 g/mol. The number of aromatic nitrogens is 1. The summed E-state index contributed by atoms with van der Waals surface area (Å²) in [4.78, 5) is 14.3. The molecule has 17 heavy (non-hydrogen) atoms. The first-order valence-corrected chi connectivity index (χ1v) is 6.82. The molecule has 87 valence electrons. The SMILES string of the molecule is O=C(O)c1n[c]c(SCc2ccc(Cl)cc2)s1. The quantitative estimate of drug-likeness (QED) is 0.872. The smallest absolute Gasteiger partial charge is 0.365 e. The van der Waals surface area contributed by atoms with Gasteiger partial charge in [-0.25, -0.2) is 9.78 Å². The van der Waals surface area contributed by atoms with E-state index in [0.29, 0.717) is 5.02 Å². The number of carboxylic acid groups (broad SMARTS) is 1. The van der Waals surface area contributed by atoms with Crippen LogP contribution >= 0.6 is 34.7 Å². The van der Waals surface area contributed by atoms with Crippen LogP contribution in [0.2, 0.25) is 5.02 Å². The maximum atomic E-state index is 10.6. The lowest BCUT2D eigenvalue weighted by Gasteiger charge is -1.98. The summed E-state index contributed by atoms with van der Waals surface area (Å²) in [7, 11) is 0. The highest BCUT2D eigenvalue weighted by Crippen LogP contribution is 2.28. The van der Waals surface area contributed by atoms with Gasteiger partial charge in [0.05, 0.1) is 4.21 Å². The Labute approximate surface area is 111 Å². The van der Waals surface area contributed by atoms with Crippen LogP contribution in [0.3, 0.4) is 0 Å². The number of carboxylic acids is 1. The standard InChI is InChI=1S/C11H7ClNO2S2/c12-8-3-1-7(2-4-8)6-16-9-5-13-10(17-9)11(14)15/h1-4H,6H2,(H,14,15).